The Morgan fingerprint density at radius 1 is 1.27 bits per heavy atom. The van der Waals surface area contributed by atoms with Crippen molar-refractivity contribution in [2.45, 2.75) is 13.5 Å². The molecule has 1 heterocycles. The Hall–Kier alpha value is -3.55. The van der Waals surface area contributed by atoms with Crippen LogP contribution >= 0.6 is 0 Å². The van der Waals surface area contributed by atoms with Crippen LogP contribution in [0, 0.1) is 22.9 Å². The number of carbonyl (C=O) groups is 1. The fourth-order valence-corrected chi connectivity index (χ4v) is 2.58. The number of amides is 1. The molecule has 0 fully saturated rings. The lowest BCUT2D eigenvalue weighted by Crippen LogP contribution is -2.13. The van der Waals surface area contributed by atoms with Crippen molar-refractivity contribution in [3.63, 3.8) is 0 Å². The van der Waals surface area contributed by atoms with Gasteiger partial charge in [0.1, 0.15) is 5.82 Å². The average molecular weight is 354 g/mol. The van der Waals surface area contributed by atoms with Crippen LogP contribution in [0.25, 0.3) is 0 Å². The van der Waals surface area contributed by atoms with Gasteiger partial charge in [0.25, 0.3) is 11.6 Å². The molecular formula is C18H15FN4O3. The second-order valence-corrected chi connectivity index (χ2v) is 5.68. The molecule has 0 aliphatic carbocycles. The summed E-state index contributed by atoms with van der Waals surface area (Å²) in [6.07, 6.45) is 3.00. The number of halogens is 1. The van der Waals surface area contributed by atoms with Crippen LogP contribution in [0.2, 0.25) is 0 Å². The Labute approximate surface area is 148 Å². The minimum absolute atomic E-state index is 0.118. The maximum absolute atomic E-state index is 13.7. The van der Waals surface area contributed by atoms with Crippen LogP contribution in [0.5, 0.6) is 0 Å². The molecule has 3 rings (SSSR count). The summed E-state index contributed by atoms with van der Waals surface area (Å²) in [5.41, 5.74) is 1.27. The van der Waals surface area contributed by atoms with Gasteiger partial charge in [0, 0.05) is 29.0 Å². The normalized spacial score (nSPS) is 10.5. The van der Waals surface area contributed by atoms with Crippen molar-refractivity contribution in [2.24, 2.45) is 0 Å². The molecule has 1 aromatic heterocycles. The highest BCUT2D eigenvalue weighted by molar-refractivity contribution is 6.05. The van der Waals surface area contributed by atoms with Gasteiger partial charge in [-0.05, 0) is 19.1 Å². The highest BCUT2D eigenvalue weighted by atomic mass is 19.1. The number of anilines is 1. The van der Waals surface area contributed by atoms with Crippen LogP contribution in [0.1, 0.15) is 21.5 Å². The van der Waals surface area contributed by atoms with Gasteiger partial charge in [-0.15, -0.1) is 0 Å². The Balaban J connectivity index is 1.75. The molecule has 2 aromatic carbocycles. The van der Waals surface area contributed by atoms with Crippen molar-refractivity contribution in [3.05, 3.63) is 87.5 Å². The van der Waals surface area contributed by atoms with E-state index in [4.69, 9.17) is 0 Å². The number of nitro groups is 1. The van der Waals surface area contributed by atoms with Crippen LogP contribution in [0.15, 0.2) is 54.9 Å². The molecule has 0 spiro atoms. The largest absolute Gasteiger partial charge is 0.319 e. The third-order valence-corrected chi connectivity index (χ3v) is 3.93. The van der Waals surface area contributed by atoms with E-state index in [-0.39, 0.29) is 29.2 Å². The predicted molar refractivity (Wildman–Crippen MR) is 93.5 cm³/mol. The van der Waals surface area contributed by atoms with Crippen LogP contribution < -0.4 is 5.32 Å². The van der Waals surface area contributed by atoms with Gasteiger partial charge in [-0.25, -0.2) is 4.39 Å². The van der Waals surface area contributed by atoms with Crippen molar-refractivity contribution in [1.29, 1.82) is 0 Å². The molecule has 0 saturated heterocycles. The fraction of sp³-hybridized carbons (Fsp3) is 0.111. The van der Waals surface area contributed by atoms with Gasteiger partial charge in [-0.3, -0.25) is 19.6 Å². The average Bonchev–Trinajstić information content (AvgIpc) is 3.03. The number of nitro benzene ring substituents is 1. The van der Waals surface area contributed by atoms with Crippen LogP contribution in [0.3, 0.4) is 0 Å². The fourth-order valence-electron chi connectivity index (χ4n) is 2.58. The van der Waals surface area contributed by atoms with E-state index in [2.05, 4.69) is 10.4 Å². The summed E-state index contributed by atoms with van der Waals surface area (Å²) < 4.78 is 15.2. The van der Waals surface area contributed by atoms with E-state index >= 15 is 0 Å². The topological polar surface area (TPSA) is 90.1 Å². The minimum Gasteiger partial charge on any atom is -0.319 e. The van der Waals surface area contributed by atoms with E-state index in [1.165, 1.54) is 42.1 Å². The smallest absolute Gasteiger partial charge is 0.273 e. The first kappa shape index (κ1) is 17.3. The summed E-state index contributed by atoms with van der Waals surface area (Å²) in [7, 11) is 0. The SMILES string of the molecule is Cc1c(C(=O)Nc2cnn(Cc3ccccc3F)c2)cccc1[N+](=O)[O-]. The van der Waals surface area contributed by atoms with E-state index in [0.717, 1.165) is 0 Å². The molecule has 0 saturated carbocycles. The van der Waals surface area contributed by atoms with Crippen LogP contribution in [-0.4, -0.2) is 20.6 Å². The molecule has 0 atom stereocenters. The number of carbonyl (C=O) groups excluding carboxylic acids is 1. The zero-order valence-electron chi connectivity index (χ0n) is 13.8. The molecule has 26 heavy (non-hydrogen) atoms. The van der Waals surface area contributed by atoms with Crippen LogP contribution in [0.4, 0.5) is 15.8 Å². The molecule has 132 valence electrons. The Morgan fingerprint density at radius 2 is 2.04 bits per heavy atom. The first-order chi connectivity index (χ1) is 12.5. The molecule has 8 heteroatoms. The maximum Gasteiger partial charge on any atom is 0.273 e. The third-order valence-electron chi connectivity index (χ3n) is 3.93. The molecule has 3 aromatic rings. The van der Waals surface area contributed by atoms with Crippen LogP contribution in [-0.2, 0) is 6.54 Å². The Kier molecular flexibility index (Phi) is 4.74. The lowest BCUT2D eigenvalue weighted by atomic mass is 10.1. The van der Waals surface area contributed by atoms with E-state index in [1.807, 2.05) is 0 Å². The Morgan fingerprint density at radius 3 is 2.77 bits per heavy atom. The van der Waals surface area contributed by atoms with Crippen molar-refractivity contribution < 1.29 is 14.1 Å². The first-order valence-electron chi connectivity index (χ1n) is 7.77. The number of hydrogen-bond acceptors (Lipinski definition) is 4. The zero-order valence-corrected chi connectivity index (χ0v) is 13.8. The van der Waals surface area contributed by atoms with Gasteiger partial charge >= 0.3 is 0 Å². The summed E-state index contributed by atoms with van der Waals surface area (Å²) in [5.74, 6) is -0.808. The number of aromatic nitrogens is 2. The second kappa shape index (κ2) is 7.14. The number of benzene rings is 2. The second-order valence-electron chi connectivity index (χ2n) is 5.68. The monoisotopic (exact) mass is 354 g/mol. The van der Waals surface area contributed by atoms with E-state index in [9.17, 15) is 19.3 Å². The highest BCUT2D eigenvalue weighted by Crippen LogP contribution is 2.22. The maximum atomic E-state index is 13.7. The van der Waals surface area contributed by atoms with Gasteiger partial charge < -0.3 is 5.32 Å². The summed E-state index contributed by atoms with van der Waals surface area (Å²) in [6, 6.07) is 10.7. The van der Waals surface area contributed by atoms with Crippen molar-refractivity contribution in [2.75, 3.05) is 5.32 Å². The lowest BCUT2D eigenvalue weighted by molar-refractivity contribution is -0.385. The van der Waals surface area contributed by atoms with Crippen molar-refractivity contribution in [1.82, 2.24) is 9.78 Å². The third kappa shape index (κ3) is 3.59. The molecule has 0 aliphatic heterocycles. The van der Waals surface area contributed by atoms with E-state index in [1.54, 1.807) is 24.4 Å². The summed E-state index contributed by atoms with van der Waals surface area (Å²) >= 11 is 0. The molecule has 1 amide bonds. The van der Waals surface area contributed by atoms with Gasteiger partial charge in [0.05, 0.1) is 23.4 Å². The molecule has 7 nitrogen and oxygen atoms in total. The predicted octanol–water partition coefficient (Wildman–Crippen LogP) is 3.54. The molecule has 0 aliphatic rings. The number of nitrogens with one attached hydrogen (secondary N) is 1. The number of nitrogens with zero attached hydrogens (tertiary/aromatic N) is 3. The number of rotatable bonds is 5. The van der Waals surface area contributed by atoms with Gasteiger partial charge in [0.2, 0.25) is 0 Å². The molecule has 0 radical (unpaired) electrons. The molecule has 1 N–H and O–H groups in total. The summed E-state index contributed by atoms with van der Waals surface area (Å²) in [4.78, 5) is 22.9. The number of hydrogen-bond donors (Lipinski definition) is 1. The molecule has 0 bridgehead atoms. The highest BCUT2D eigenvalue weighted by Gasteiger charge is 2.18. The minimum atomic E-state index is -0.529. The summed E-state index contributed by atoms with van der Waals surface area (Å²) in [5, 5.41) is 17.7. The molecule has 0 unspecified atom stereocenters. The quantitative estimate of drug-likeness (QED) is 0.560. The van der Waals surface area contributed by atoms with E-state index in [0.29, 0.717) is 11.3 Å². The Bertz CT molecular complexity index is 984. The van der Waals surface area contributed by atoms with Gasteiger partial charge in [-0.2, -0.15) is 5.10 Å². The van der Waals surface area contributed by atoms with Crippen molar-refractivity contribution >= 4 is 17.3 Å². The van der Waals surface area contributed by atoms with Crippen molar-refractivity contribution in [3.8, 4) is 0 Å². The zero-order chi connectivity index (χ0) is 18.7. The molecular weight excluding hydrogens is 339 g/mol. The summed E-state index contributed by atoms with van der Waals surface area (Å²) in [6.45, 7) is 1.74. The first-order valence-corrected chi connectivity index (χ1v) is 7.77. The van der Waals surface area contributed by atoms with Gasteiger partial charge in [0.15, 0.2) is 0 Å². The van der Waals surface area contributed by atoms with E-state index < -0.39 is 10.8 Å². The van der Waals surface area contributed by atoms with Gasteiger partial charge in [-0.1, -0.05) is 24.3 Å². The lowest BCUT2D eigenvalue weighted by Gasteiger charge is -2.06. The standard InChI is InChI=1S/C18H15FN4O3/c1-12-15(6-4-8-17(12)23(25)26)18(24)21-14-9-20-22(11-14)10-13-5-2-3-7-16(13)19/h2-9,11H,10H2,1H3,(H,21,24).